The number of amides is 1. The number of rotatable bonds is 5. The van der Waals surface area contributed by atoms with Gasteiger partial charge in [-0.2, -0.15) is 0 Å². The van der Waals surface area contributed by atoms with Crippen molar-refractivity contribution >= 4 is 27.3 Å². The molecule has 1 amide bonds. The van der Waals surface area contributed by atoms with Crippen molar-refractivity contribution in [1.29, 1.82) is 0 Å². The van der Waals surface area contributed by atoms with Crippen molar-refractivity contribution in [3.05, 3.63) is 89.5 Å². The first-order chi connectivity index (χ1) is 12.8. The molecule has 6 heteroatoms. The molecule has 5 nitrogen and oxygen atoms in total. The van der Waals surface area contributed by atoms with E-state index in [4.69, 9.17) is 0 Å². The Labute approximate surface area is 159 Å². The number of carbonyl (C=O) groups is 1. The van der Waals surface area contributed by atoms with Gasteiger partial charge in [-0.15, -0.1) is 0 Å². The molecule has 0 atom stereocenters. The lowest BCUT2D eigenvalue weighted by molar-refractivity contribution is 0.102. The second kappa shape index (κ2) is 7.63. The number of hydrogen-bond acceptors (Lipinski definition) is 3. The third kappa shape index (κ3) is 4.74. The molecular weight excluding hydrogens is 360 g/mol. The summed E-state index contributed by atoms with van der Waals surface area (Å²) in [5, 5.41) is 2.81. The summed E-state index contributed by atoms with van der Waals surface area (Å²) in [6, 6.07) is 20.4. The Morgan fingerprint density at radius 2 is 1.44 bits per heavy atom. The van der Waals surface area contributed by atoms with E-state index < -0.39 is 10.0 Å². The van der Waals surface area contributed by atoms with Crippen LogP contribution >= 0.6 is 0 Å². The van der Waals surface area contributed by atoms with Crippen LogP contribution in [0.4, 0.5) is 11.4 Å². The van der Waals surface area contributed by atoms with Gasteiger partial charge >= 0.3 is 0 Å². The van der Waals surface area contributed by atoms with Crippen molar-refractivity contribution in [2.45, 2.75) is 18.7 Å². The first-order valence-corrected chi connectivity index (χ1v) is 9.89. The quantitative estimate of drug-likeness (QED) is 0.691. The van der Waals surface area contributed by atoms with Gasteiger partial charge in [0, 0.05) is 16.9 Å². The molecule has 0 radical (unpaired) electrons. The number of carbonyl (C=O) groups excluding carboxylic acids is 1. The average Bonchev–Trinajstić information content (AvgIpc) is 2.62. The highest BCUT2D eigenvalue weighted by atomic mass is 32.2. The maximum absolute atomic E-state index is 12.5. The van der Waals surface area contributed by atoms with Crippen molar-refractivity contribution in [2.75, 3.05) is 10.0 Å². The molecule has 3 rings (SSSR count). The Morgan fingerprint density at radius 1 is 0.778 bits per heavy atom. The lowest BCUT2D eigenvalue weighted by Gasteiger charge is -2.10. The van der Waals surface area contributed by atoms with Gasteiger partial charge in [0.2, 0.25) is 0 Å². The van der Waals surface area contributed by atoms with E-state index in [0.717, 1.165) is 11.1 Å². The average molecular weight is 380 g/mol. The summed E-state index contributed by atoms with van der Waals surface area (Å²) in [5.74, 6) is -0.308. The van der Waals surface area contributed by atoms with Crippen LogP contribution in [-0.2, 0) is 10.0 Å². The maximum atomic E-state index is 12.5. The standard InChI is InChI=1S/C21H20N2O3S/c1-15-9-11-20(12-10-15)27(25,26)23-19-8-4-6-17(14-19)21(24)22-18-7-3-5-16(2)13-18/h3-14,23H,1-2H3,(H,22,24). The van der Waals surface area contributed by atoms with Gasteiger partial charge < -0.3 is 5.32 Å². The first-order valence-electron chi connectivity index (χ1n) is 8.41. The molecule has 138 valence electrons. The zero-order chi connectivity index (χ0) is 19.4. The highest BCUT2D eigenvalue weighted by Crippen LogP contribution is 2.19. The number of benzene rings is 3. The molecular formula is C21H20N2O3S. The minimum Gasteiger partial charge on any atom is -0.322 e. The molecule has 0 aromatic heterocycles. The minimum absolute atomic E-state index is 0.169. The predicted octanol–water partition coefficient (Wildman–Crippen LogP) is 4.36. The Kier molecular flexibility index (Phi) is 5.28. The van der Waals surface area contributed by atoms with E-state index in [2.05, 4.69) is 10.0 Å². The Balaban J connectivity index is 1.79. The molecule has 0 spiro atoms. The summed E-state index contributed by atoms with van der Waals surface area (Å²) in [6.45, 7) is 3.83. The lowest BCUT2D eigenvalue weighted by atomic mass is 10.1. The van der Waals surface area contributed by atoms with Crippen molar-refractivity contribution < 1.29 is 13.2 Å². The van der Waals surface area contributed by atoms with Crippen molar-refractivity contribution in [3.63, 3.8) is 0 Å². The molecule has 0 aliphatic rings. The highest BCUT2D eigenvalue weighted by molar-refractivity contribution is 7.92. The van der Waals surface area contributed by atoms with Crippen LogP contribution in [0.3, 0.4) is 0 Å². The molecule has 3 aromatic carbocycles. The largest absolute Gasteiger partial charge is 0.322 e. The monoisotopic (exact) mass is 380 g/mol. The smallest absolute Gasteiger partial charge is 0.261 e. The van der Waals surface area contributed by atoms with Gasteiger partial charge in [-0.25, -0.2) is 8.42 Å². The van der Waals surface area contributed by atoms with Gasteiger partial charge in [-0.3, -0.25) is 9.52 Å². The Morgan fingerprint density at radius 3 is 2.15 bits per heavy atom. The van der Waals surface area contributed by atoms with E-state index in [0.29, 0.717) is 16.9 Å². The fraction of sp³-hybridized carbons (Fsp3) is 0.0952. The van der Waals surface area contributed by atoms with Crippen LogP contribution in [0, 0.1) is 13.8 Å². The summed E-state index contributed by atoms with van der Waals surface area (Å²) >= 11 is 0. The molecule has 0 bridgehead atoms. The van der Waals surface area contributed by atoms with Gasteiger partial charge in [0.15, 0.2) is 0 Å². The van der Waals surface area contributed by atoms with E-state index in [9.17, 15) is 13.2 Å². The van der Waals surface area contributed by atoms with Crippen molar-refractivity contribution in [1.82, 2.24) is 0 Å². The normalized spacial score (nSPS) is 11.0. The van der Waals surface area contributed by atoms with Gasteiger partial charge in [-0.1, -0.05) is 35.9 Å². The molecule has 2 N–H and O–H groups in total. The minimum atomic E-state index is -3.72. The number of anilines is 2. The number of sulfonamides is 1. The second-order valence-corrected chi connectivity index (χ2v) is 8.01. The van der Waals surface area contributed by atoms with Crippen LogP contribution < -0.4 is 10.0 Å². The molecule has 27 heavy (non-hydrogen) atoms. The molecule has 0 unspecified atom stereocenters. The van der Waals surface area contributed by atoms with Gasteiger partial charge in [0.25, 0.3) is 15.9 Å². The van der Waals surface area contributed by atoms with E-state index in [-0.39, 0.29) is 10.8 Å². The number of hydrogen-bond donors (Lipinski definition) is 2. The van der Waals surface area contributed by atoms with Crippen LogP contribution in [0.25, 0.3) is 0 Å². The third-order valence-corrected chi connectivity index (χ3v) is 5.38. The van der Waals surface area contributed by atoms with E-state index >= 15 is 0 Å². The number of nitrogens with one attached hydrogen (secondary N) is 2. The van der Waals surface area contributed by atoms with Crippen molar-refractivity contribution in [3.8, 4) is 0 Å². The molecule has 3 aromatic rings. The lowest BCUT2D eigenvalue weighted by Crippen LogP contribution is -2.15. The highest BCUT2D eigenvalue weighted by Gasteiger charge is 2.15. The summed E-state index contributed by atoms with van der Waals surface area (Å²) in [4.78, 5) is 12.6. The fourth-order valence-corrected chi connectivity index (χ4v) is 3.63. The molecule has 0 fully saturated rings. The predicted molar refractivity (Wildman–Crippen MR) is 108 cm³/mol. The summed E-state index contributed by atoms with van der Waals surface area (Å²) in [7, 11) is -3.72. The zero-order valence-electron chi connectivity index (χ0n) is 15.1. The second-order valence-electron chi connectivity index (χ2n) is 6.32. The van der Waals surface area contributed by atoms with Crippen LogP contribution in [-0.4, -0.2) is 14.3 Å². The third-order valence-electron chi connectivity index (χ3n) is 3.98. The molecule has 0 aliphatic carbocycles. The summed E-state index contributed by atoms with van der Waals surface area (Å²) in [5.41, 5.74) is 3.38. The van der Waals surface area contributed by atoms with Gasteiger partial charge in [0.1, 0.15) is 0 Å². The first kappa shape index (κ1) is 18.7. The van der Waals surface area contributed by atoms with E-state index in [1.54, 1.807) is 48.5 Å². The van der Waals surface area contributed by atoms with E-state index in [1.165, 1.54) is 6.07 Å². The SMILES string of the molecule is Cc1ccc(S(=O)(=O)Nc2cccc(C(=O)Nc3cccc(C)c3)c2)cc1. The molecule has 0 saturated carbocycles. The topological polar surface area (TPSA) is 75.3 Å². The maximum Gasteiger partial charge on any atom is 0.261 e. The van der Waals surface area contributed by atoms with Crippen molar-refractivity contribution in [2.24, 2.45) is 0 Å². The van der Waals surface area contributed by atoms with Crippen LogP contribution in [0.5, 0.6) is 0 Å². The number of aryl methyl sites for hydroxylation is 2. The van der Waals surface area contributed by atoms with Gasteiger partial charge in [-0.05, 0) is 61.9 Å². The zero-order valence-corrected chi connectivity index (χ0v) is 15.9. The molecule has 0 aliphatic heterocycles. The van der Waals surface area contributed by atoms with E-state index in [1.807, 2.05) is 32.0 Å². The Bertz CT molecular complexity index is 1070. The molecule has 0 saturated heterocycles. The van der Waals surface area contributed by atoms with Crippen LogP contribution in [0.2, 0.25) is 0 Å². The Hall–Kier alpha value is -3.12. The van der Waals surface area contributed by atoms with Gasteiger partial charge in [0.05, 0.1) is 4.90 Å². The van der Waals surface area contributed by atoms with Crippen LogP contribution in [0.1, 0.15) is 21.5 Å². The summed E-state index contributed by atoms with van der Waals surface area (Å²) < 4.78 is 27.5. The van der Waals surface area contributed by atoms with Crippen LogP contribution in [0.15, 0.2) is 77.7 Å². The molecule has 0 heterocycles. The summed E-state index contributed by atoms with van der Waals surface area (Å²) in [6.07, 6.45) is 0. The fourth-order valence-electron chi connectivity index (χ4n) is 2.58.